The van der Waals surface area contributed by atoms with Crippen molar-refractivity contribution in [2.45, 2.75) is 13.0 Å². The Bertz CT molecular complexity index is 300. The minimum Gasteiger partial charge on any atom is -0.372 e. The summed E-state index contributed by atoms with van der Waals surface area (Å²) in [6.45, 7) is 1.72. The van der Waals surface area contributed by atoms with E-state index in [0.29, 0.717) is 0 Å². The van der Waals surface area contributed by atoms with Gasteiger partial charge in [-0.05, 0) is 19.1 Å². The first-order valence-corrected chi connectivity index (χ1v) is 4.37. The smallest absolute Gasteiger partial charge is 0.255 e. The van der Waals surface area contributed by atoms with Crippen molar-refractivity contribution in [2.24, 2.45) is 0 Å². The Morgan fingerprint density at radius 3 is 2.86 bits per heavy atom. The molecule has 0 saturated heterocycles. The number of anilines is 1. The van der Waals surface area contributed by atoms with Gasteiger partial charge in [-0.3, -0.25) is 9.78 Å². The molecule has 0 N–H and O–H groups in total. The van der Waals surface area contributed by atoms with Crippen molar-refractivity contribution in [1.82, 2.24) is 4.98 Å². The molecular weight excluding hydrogens is 180 g/mol. The highest BCUT2D eigenvalue weighted by molar-refractivity contribution is 5.95. The average Bonchev–Trinajstić information content (AvgIpc) is 2.27. The van der Waals surface area contributed by atoms with Crippen molar-refractivity contribution < 1.29 is 9.53 Å². The number of likely N-dealkylation sites (N-methyl/N-ethyl adjacent to an activating group) is 1. The standard InChI is InChI=1S/C10H14N2O2/c1-8(14-3)10(13)12(2)9-5-4-6-11-7-9/h4-8H,1-3H3. The van der Waals surface area contributed by atoms with Gasteiger partial charge in [0.25, 0.3) is 5.91 Å². The topological polar surface area (TPSA) is 42.4 Å². The molecule has 4 nitrogen and oxygen atoms in total. The number of hydrogen-bond acceptors (Lipinski definition) is 3. The molecule has 0 fully saturated rings. The number of carbonyl (C=O) groups excluding carboxylic acids is 1. The second-order valence-electron chi connectivity index (χ2n) is 2.99. The summed E-state index contributed by atoms with van der Waals surface area (Å²) in [7, 11) is 3.22. The summed E-state index contributed by atoms with van der Waals surface area (Å²) >= 11 is 0. The van der Waals surface area contributed by atoms with Crippen LogP contribution < -0.4 is 4.90 Å². The number of carbonyl (C=O) groups is 1. The zero-order chi connectivity index (χ0) is 10.6. The van der Waals surface area contributed by atoms with Gasteiger partial charge in [-0.15, -0.1) is 0 Å². The third-order valence-electron chi connectivity index (χ3n) is 2.07. The van der Waals surface area contributed by atoms with Crippen molar-refractivity contribution in [3.8, 4) is 0 Å². The lowest BCUT2D eigenvalue weighted by Crippen LogP contribution is -2.35. The Hall–Kier alpha value is -1.42. The van der Waals surface area contributed by atoms with Gasteiger partial charge >= 0.3 is 0 Å². The lowest BCUT2D eigenvalue weighted by atomic mass is 10.3. The molecule has 1 aromatic rings. The summed E-state index contributed by atoms with van der Waals surface area (Å²) in [6, 6.07) is 3.61. The quantitative estimate of drug-likeness (QED) is 0.723. The van der Waals surface area contributed by atoms with Crippen LogP contribution in [0.3, 0.4) is 0 Å². The van der Waals surface area contributed by atoms with Crippen LogP contribution in [0.4, 0.5) is 5.69 Å². The first-order chi connectivity index (χ1) is 6.66. The van der Waals surface area contributed by atoms with Crippen molar-refractivity contribution in [3.05, 3.63) is 24.5 Å². The minimum absolute atomic E-state index is 0.0829. The largest absolute Gasteiger partial charge is 0.372 e. The van der Waals surface area contributed by atoms with Crippen LogP contribution in [0.15, 0.2) is 24.5 Å². The van der Waals surface area contributed by atoms with Crippen LogP contribution in [0.5, 0.6) is 0 Å². The molecule has 1 heterocycles. The maximum atomic E-state index is 11.6. The summed E-state index contributed by atoms with van der Waals surface area (Å²) in [4.78, 5) is 17.1. The van der Waals surface area contributed by atoms with E-state index in [0.717, 1.165) is 5.69 Å². The van der Waals surface area contributed by atoms with Crippen molar-refractivity contribution in [1.29, 1.82) is 0 Å². The number of nitrogens with zero attached hydrogens (tertiary/aromatic N) is 2. The molecule has 1 unspecified atom stereocenters. The van der Waals surface area contributed by atoms with Crippen molar-refractivity contribution in [2.75, 3.05) is 19.1 Å². The predicted octanol–water partition coefficient (Wildman–Crippen LogP) is 1.08. The Kier molecular flexibility index (Phi) is 3.59. The lowest BCUT2D eigenvalue weighted by Gasteiger charge is -2.19. The van der Waals surface area contributed by atoms with E-state index >= 15 is 0 Å². The van der Waals surface area contributed by atoms with Gasteiger partial charge in [-0.2, -0.15) is 0 Å². The minimum atomic E-state index is -0.430. The van der Waals surface area contributed by atoms with Gasteiger partial charge in [0.2, 0.25) is 0 Å². The van der Waals surface area contributed by atoms with E-state index in [4.69, 9.17) is 4.74 Å². The zero-order valence-corrected chi connectivity index (χ0v) is 8.60. The molecule has 1 aromatic heterocycles. The molecule has 1 rings (SSSR count). The van der Waals surface area contributed by atoms with Crippen molar-refractivity contribution in [3.63, 3.8) is 0 Å². The number of methoxy groups -OCH3 is 1. The summed E-state index contributed by atoms with van der Waals surface area (Å²) < 4.78 is 4.94. The van der Waals surface area contributed by atoms with E-state index in [2.05, 4.69) is 4.98 Å². The number of rotatable bonds is 3. The van der Waals surface area contributed by atoms with Crippen LogP contribution in [0.2, 0.25) is 0 Å². The average molecular weight is 194 g/mol. The molecule has 76 valence electrons. The number of pyridine rings is 1. The van der Waals surface area contributed by atoms with E-state index in [-0.39, 0.29) is 5.91 Å². The number of aromatic nitrogens is 1. The van der Waals surface area contributed by atoms with Gasteiger partial charge in [0.15, 0.2) is 0 Å². The third kappa shape index (κ3) is 2.29. The van der Waals surface area contributed by atoms with E-state index in [9.17, 15) is 4.79 Å². The number of hydrogen-bond donors (Lipinski definition) is 0. The van der Waals surface area contributed by atoms with E-state index in [1.54, 1.807) is 32.4 Å². The van der Waals surface area contributed by atoms with Gasteiger partial charge < -0.3 is 9.64 Å². The Balaban J connectivity index is 2.76. The van der Waals surface area contributed by atoms with Crippen LogP contribution in [0.25, 0.3) is 0 Å². The van der Waals surface area contributed by atoms with Crippen LogP contribution in [-0.2, 0) is 9.53 Å². The Labute approximate surface area is 83.5 Å². The van der Waals surface area contributed by atoms with Gasteiger partial charge in [0.05, 0.1) is 11.9 Å². The molecular formula is C10H14N2O2. The van der Waals surface area contributed by atoms with E-state index < -0.39 is 6.10 Å². The highest BCUT2D eigenvalue weighted by atomic mass is 16.5. The van der Waals surface area contributed by atoms with Crippen molar-refractivity contribution >= 4 is 11.6 Å². The van der Waals surface area contributed by atoms with Crippen LogP contribution >= 0.6 is 0 Å². The SMILES string of the molecule is COC(C)C(=O)N(C)c1cccnc1. The lowest BCUT2D eigenvalue weighted by molar-refractivity contribution is -0.127. The molecule has 0 radical (unpaired) electrons. The molecule has 0 aliphatic rings. The summed E-state index contributed by atoms with van der Waals surface area (Å²) in [6.07, 6.45) is 2.88. The molecule has 0 spiro atoms. The molecule has 0 aromatic carbocycles. The third-order valence-corrected chi connectivity index (χ3v) is 2.07. The molecule has 0 bridgehead atoms. The van der Waals surface area contributed by atoms with Crippen LogP contribution in [-0.4, -0.2) is 31.2 Å². The van der Waals surface area contributed by atoms with E-state index in [1.807, 2.05) is 6.07 Å². The van der Waals surface area contributed by atoms with Crippen LogP contribution in [0.1, 0.15) is 6.92 Å². The van der Waals surface area contributed by atoms with Crippen LogP contribution in [0, 0.1) is 0 Å². The maximum Gasteiger partial charge on any atom is 0.255 e. The highest BCUT2D eigenvalue weighted by Gasteiger charge is 2.17. The predicted molar refractivity (Wildman–Crippen MR) is 54.1 cm³/mol. The summed E-state index contributed by atoms with van der Waals surface area (Å²) in [5.74, 6) is -0.0829. The van der Waals surface area contributed by atoms with Gasteiger partial charge in [0.1, 0.15) is 6.10 Å². The fourth-order valence-corrected chi connectivity index (χ4v) is 1.05. The number of amides is 1. The van der Waals surface area contributed by atoms with Gasteiger partial charge in [-0.25, -0.2) is 0 Å². The second-order valence-corrected chi connectivity index (χ2v) is 2.99. The zero-order valence-electron chi connectivity index (χ0n) is 8.60. The summed E-state index contributed by atoms with van der Waals surface area (Å²) in [5, 5.41) is 0. The highest BCUT2D eigenvalue weighted by Crippen LogP contribution is 2.11. The first-order valence-electron chi connectivity index (χ1n) is 4.37. The second kappa shape index (κ2) is 4.72. The molecule has 14 heavy (non-hydrogen) atoms. The fraction of sp³-hybridized carbons (Fsp3) is 0.400. The monoisotopic (exact) mass is 194 g/mol. The first kappa shape index (κ1) is 10.7. The van der Waals surface area contributed by atoms with Gasteiger partial charge in [0, 0.05) is 20.4 Å². The maximum absolute atomic E-state index is 11.6. The molecule has 1 atom stereocenters. The number of ether oxygens (including phenoxy) is 1. The van der Waals surface area contributed by atoms with E-state index in [1.165, 1.54) is 12.0 Å². The van der Waals surface area contributed by atoms with Gasteiger partial charge in [-0.1, -0.05) is 0 Å². The molecule has 0 saturated carbocycles. The molecule has 1 amide bonds. The molecule has 0 aliphatic heterocycles. The normalized spacial score (nSPS) is 12.2. The fourth-order valence-electron chi connectivity index (χ4n) is 1.05. The Morgan fingerprint density at radius 1 is 1.64 bits per heavy atom. The Morgan fingerprint density at radius 2 is 2.36 bits per heavy atom. The molecule has 4 heteroatoms. The molecule has 0 aliphatic carbocycles. The summed E-state index contributed by atoms with van der Waals surface area (Å²) in [5.41, 5.74) is 0.765.